The quantitative estimate of drug-likeness (QED) is 0.573. The molecule has 2 aliphatic rings. The Kier molecular flexibility index (Phi) is 5.22. The highest BCUT2D eigenvalue weighted by molar-refractivity contribution is 6.05. The second kappa shape index (κ2) is 7.53. The molecule has 2 heterocycles. The summed E-state index contributed by atoms with van der Waals surface area (Å²) in [6.45, 7) is 6.69. The first-order valence-corrected chi connectivity index (χ1v) is 10.6. The van der Waals surface area contributed by atoms with Crippen molar-refractivity contribution in [1.82, 2.24) is 0 Å². The Hall–Kier alpha value is -3.03. The first-order valence-electron chi connectivity index (χ1n) is 10.6. The molecule has 2 aliphatic heterocycles. The van der Waals surface area contributed by atoms with Crippen LogP contribution in [0.3, 0.4) is 0 Å². The number of hydrogen-bond acceptors (Lipinski definition) is 7. The van der Waals surface area contributed by atoms with Gasteiger partial charge < -0.3 is 29.9 Å². The van der Waals surface area contributed by atoms with E-state index in [0.29, 0.717) is 22.4 Å². The number of fused-ring (bicyclic) bond motifs is 2. The number of benzene rings is 2. The maximum absolute atomic E-state index is 13.1. The molecule has 2 aromatic carbocycles. The zero-order valence-electron chi connectivity index (χ0n) is 18.5. The molecule has 0 fully saturated rings. The van der Waals surface area contributed by atoms with E-state index in [1.807, 2.05) is 13.8 Å². The van der Waals surface area contributed by atoms with E-state index in [0.717, 1.165) is 0 Å². The molecule has 170 valence electrons. The molecule has 0 amide bonds. The summed E-state index contributed by atoms with van der Waals surface area (Å²) in [5.74, 6) is 0.0276. The third-order valence-corrected chi connectivity index (χ3v) is 5.92. The third kappa shape index (κ3) is 3.94. The maximum Gasteiger partial charge on any atom is 0.174 e. The Labute approximate surface area is 186 Å². The molecule has 0 radical (unpaired) electrons. The lowest BCUT2D eigenvalue weighted by Gasteiger charge is -2.35. The molecule has 1 unspecified atom stereocenters. The van der Waals surface area contributed by atoms with Gasteiger partial charge in [-0.05, 0) is 57.5 Å². The van der Waals surface area contributed by atoms with Crippen molar-refractivity contribution in [3.8, 4) is 23.0 Å². The van der Waals surface area contributed by atoms with Crippen molar-refractivity contribution in [1.29, 1.82) is 0 Å². The van der Waals surface area contributed by atoms with Crippen LogP contribution in [0.15, 0.2) is 30.3 Å². The second-order valence-corrected chi connectivity index (χ2v) is 9.51. The number of aromatic hydroxyl groups is 2. The van der Waals surface area contributed by atoms with Gasteiger partial charge in [0.25, 0.3) is 0 Å². The van der Waals surface area contributed by atoms with Crippen molar-refractivity contribution >= 4 is 11.9 Å². The topological polar surface area (TPSA) is 116 Å². The molecule has 4 rings (SSSR count). The summed E-state index contributed by atoms with van der Waals surface area (Å²) in [6.07, 6.45) is 1.63. The number of ether oxygens (including phenoxy) is 2. The summed E-state index contributed by atoms with van der Waals surface area (Å²) >= 11 is 0. The zero-order valence-corrected chi connectivity index (χ0v) is 18.5. The van der Waals surface area contributed by atoms with Crippen LogP contribution < -0.4 is 9.47 Å². The minimum atomic E-state index is -1.41. The molecule has 2 atom stereocenters. The normalized spacial score (nSPS) is 20.1. The molecule has 4 N–H and O–H groups in total. The first-order chi connectivity index (χ1) is 14.9. The van der Waals surface area contributed by atoms with Gasteiger partial charge in [0.2, 0.25) is 0 Å². The number of hydrogen-bond donors (Lipinski definition) is 4. The summed E-state index contributed by atoms with van der Waals surface area (Å²) < 4.78 is 12.4. The minimum Gasteiger partial charge on any atom is -0.508 e. The lowest BCUT2D eigenvalue weighted by atomic mass is 9.86. The van der Waals surface area contributed by atoms with Gasteiger partial charge in [0, 0.05) is 12.0 Å². The molecular weight excluding hydrogens is 412 g/mol. The van der Waals surface area contributed by atoms with E-state index in [1.54, 1.807) is 24.3 Å². The van der Waals surface area contributed by atoms with Crippen LogP contribution in [0.2, 0.25) is 0 Å². The number of Topliss-reactive ketones (excluding diaryl/α,β-unsaturated/α-hetero) is 1. The average molecular weight is 440 g/mol. The molecular formula is C25H28O7. The summed E-state index contributed by atoms with van der Waals surface area (Å²) in [5, 5.41) is 41.5. The van der Waals surface area contributed by atoms with Crippen LogP contribution in [0.4, 0.5) is 0 Å². The Morgan fingerprint density at radius 3 is 2.44 bits per heavy atom. The van der Waals surface area contributed by atoms with E-state index >= 15 is 0 Å². The number of rotatable bonds is 4. The van der Waals surface area contributed by atoms with E-state index in [4.69, 9.17) is 9.47 Å². The predicted molar refractivity (Wildman–Crippen MR) is 118 cm³/mol. The van der Waals surface area contributed by atoms with Gasteiger partial charge in [-0.15, -0.1) is 0 Å². The number of carbonyl (C=O) groups excluding carboxylic acids is 1. The zero-order chi connectivity index (χ0) is 23.4. The van der Waals surface area contributed by atoms with Crippen LogP contribution >= 0.6 is 0 Å². The molecule has 2 aromatic rings. The molecule has 32 heavy (non-hydrogen) atoms. The van der Waals surface area contributed by atoms with Crippen LogP contribution in [0, 0.1) is 0 Å². The lowest BCUT2D eigenvalue weighted by Crippen LogP contribution is -2.38. The smallest absolute Gasteiger partial charge is 0.174 e. The lowest BCUT2D eigenvalue weighted by molar-refractivity contribution is -0.0476. The summed E-state index contributed by atoms with van der Waals surface area (Å²) in [6, 6.07) is 6.37. The standard InChI is InChI=1S/C25H28O7/c1-24(2)10-9-15-21(29)20-17(27)12-18(13-5-7-14(26)8-6-13)31-23(20)16(22(15)32-24)11-19(28)25(3,4)30/h5-10,18-19,26,28-30H,11-12H2,1-4H3/t18-,19?/m0/s1. The molecule has 0 spiro atoms. The fraction of sp³-hybridized carbons (Fsp3) is 0.400. The van der Waals surface area contributed by atoms with Gasteiger partial charge in [-0.1, -0.05) is 12.1 Å². The number of carbonyl (C=O) groups is 1. The summed E-state index contributed by atoms with van der Waals surface area (Å²) in [4.78, 5) is 13.1. The highest BCUT2D eigenvalue weighted by Crippen LogP contribution is 2.51. The van der Waals surface area contributed by atoms with Crippen LogP contribution in [-0.2, 0) is 6.42 Å². The maximum atomic E-state index is 13.1. The monoisotopic (exact) mass is 440 g/mol. The fourth-order valence-corrected chi connectivity index (χ4v) is 3.97. The Bertz CT molecular complexity index is 1090. The van der Waals surface area contributed by atoms with E-state index in [9.17, 15) is 25.2 Å². The number of aliphatic hydroxyl groups excluding tert-OH is 1. The van der Waals surface area contributed by atoms with Gasteiger partial charge in [-0.3, -0.25) is 4.79 Å². The molecule has 0 saturated carbocycles. The highest BCUT2D eigenvalue weighted by atomic mass is 16.5. The molecule has 7 nitrogen and oxygen atoms in total. The Morgan fingerprint density at radius 1 is 1.16 bits per heavy atom. The van der Waals surface area contributed by atoms with Crippen molar-refractivity contribution < 1.29 is 34.7 Å². The van der Waals surface area contributed by atoms with Gasteiger partial charge in [0.05, 0.1) is 23.7 Å². The van der Waals surface area contributed by atoms with Gasteiger partial charge in [-0.25, -0.2) is 0 Å². The van der Waals surface area contributed by atoms with Crippen molar-refractivity contribution in [2.75, 3.05) is 0 Å². The molecule has 7 heteroatoms. The molecule has 0 bridgehead atoms. The Balaban J connectivity index is 1.89. The first kappa shape index (κ1) is 22.2. The molecule has 0 saturated heterocycles. The predicted octanol–water partition coefficient (Wildman–Crippen LogP) is 3.66. The SMILES string of the molecule is CC1(C)C=Cc2c(O)c3c(c(CC(O)C(C)(C)O)c2O1)O[C@H](c1ccc(O)cc1)CC3=O. The molecule has 0 aliphatic carbocycles. The average Bonchev–Trinajstić information content (AvgIpc) is 2.69. The number of phenols is 2. The van der Waals surface area contributed by atoms with Crippen LogP contribution in [0.25, 0.3) is 6.08 Å². The van der Waals surface area contributed by atoms with Crippen LogP contribution in [0.5, 0.6) is 23.0 Å². The summed E-state index contributed by atoms with van der Waals surface area (Å²) in [5.41, 5.74) is -0.597. The van der Waals surface area contributed by atoms with Crippen LogP contribution in [0.1, 0.15) is 67.3 Å². The van der Waals surface area contributed by atoms with Gasteiger partial charge in [0.15, 0.2) is 5.78 Å². The second-order valence-electron chi connectivity index (χ2n) is 9.51. The van der Waals surface area contributed by atoms with E-state index in [1.165, 1.54) is 26.0 Å². The number of aliphatic hydroxyl groups is 2. The van der Waals surface area contributed by atoms with Crippen LogP contribution in [-0.4, -0.2) is 43.5 Å². The summed E-state index contributed by atoms with van der Waals surface area (Å²) in [7, 11) is 0. The van der Waals surface area contributed by atoms with E-state index < -0.39 is 23.4 Å². The van der Waals surface area contributed by atoms with E-state index in [2.05, 4.69) is 0 Å². The fourth-order valence-electron chi connectivity index (χ4n) is 3.97. The van der Waals surface area contributed by atoms with Crippen molar-refractivity contribution in [2.45, 2.75) is 63.9 Å². The molecule has 0 aromatic heterocycles. The van der Waals surface area contributed by atoms with Crippen molar-refractivity contribution in [3.05, 3.63) is 52.6 Å². The minimum absolute atomic E-state index is 0.00761. The van der Waals surface area contributed by atoms with Gasteiger partial charge in [0.1, 0.15) is 40.3 Å². The Morgan fingerprint density at radius 2 is 1.81 bits per heavy atom. The van der Waals surface area contributed by atoms with Crippen molar-refractivity contribution in [2.24, 2.45) is 0 Å². The largest absolute Gasteiger partial charge is 0.508 e. The van der Waals surface area contributed by atoms with Crippen molar-refractivity contribution in [3.63, 3.8) is 0 Å². The highest BCUT2D eigenvalue weighted by Gasteiger charge is 2.39. The third-order valence-electron chi connectivity index (χ3n) is 5.92. The van der Waals surface area contributed by atoms with E-state index in [-0.39, 0.29) is 41.4 Å². The number of ketones is 1. The van der Waals surface area contributed by atoms with Gasteiger partial charge in [-0.2, -0.15) is 0 Å². The number of phenolic OH excluding ortho intramolecular Hbond substituents is 2. The van der Waals surface area contributed by atoms with Gasteiger partial charge >= 0.3 is 0 Å².